The fourth-order valence-electron chi connectivity index (χ4n) is 1.40. The first kappa shape index (κ1) is 10.8. The lowest BCUT2D eigenvalue weighted by atomic mass is 10.1. The Kier molecular flexibility index (Phi) is 3.35. The summed E-state index contributed by atoms with van der Waals surface area (Å²) >= 11 is 0. The lowest BCUT2D eigenvalue weighted by Gasteiger charge is -2.10. The van der Waals surface area contributed by atoms with Crippen LogP contribution in [0.4, 0.5) is 0 Å². The molecule has 1 aromatic heterocycles. The van der Waals surface area contributed by atoms with E-state index in [0.717, 1.165) is 5.69 Å². The largest absolute Gasteiger partial charge is 0.391 e. The molecule has 0 bridgehead atoms. The number of carbonyl (C=O) groups is 1. The van der Waals surface area contributed by atoms with Crippen molar-refractivity contribution < 1.29 is 9.90 Å². The molecule has 0 radical (unpaired) electrons. The van der Waals surface area contributed by atoms with Gasteiger partial charge in [0.1, 0.15) is 5.69 Å². The minimum absolute atomic E-state index is 0.170. The van der Waals surface area contributed by atoms with Crippen molar-refractivity contribution in [1.82, 2.24) is 15.0 Å². The van der Waals surface area contributed by atoms with Gasteiger partial charge in [-0.3, -0.25) is 4.79 Å². The summed E-state index contributed by atoms with van der Waals surface area (Å²) in [6, 6.07) is 0. The molecular formula is C9H15N3O2. The highest BCUT2D eigenvalue weighted by Crippen LogP contribution is 2.16. The SMILES string of the molecule is CC(O)Cn1nnc(C=O)c1C(C)C. The third kappa shape index (κ3) is 2.17. The Bertz CT molecular complexity index is 318. The molecule has 14 heavy (non-hydrogen) atoms. The summed E-state index contributed by atoms with van der Waals surface area (Å²) < 4.78 is 1.58. The van der Waals surface area contributed by atoms with E-state index in [1.54, 1.807) is 11.6 Å². The predicted molar refractivity (Wildman–Crippen MR) is 51.2 cm³/mol. The average molecular weight is 197 g/mol. The third-order valence-electron chi connectivity index (χ3n) is 1.90. The fraction of sp³-hybridized carbons (Fsp3) is 0.667. The molecule has 1 aromatic rings. The van der Waals surface area contributed by atoms with Crippen LogP contribution in [0.2, 0.25) is 0 Å². The molecule has 78 valence electrons. The zero-order valence-electron chi connectivity index (χ0n) is 8.64. The first-order valence-electron chi connectivity index (χ1n) is 4.62. The second-order valence-electron chi connectivity index (χ2n) is 3.66. The van der Waals surface area contributed by atoms with Crippen molar-refractivity contribution in [3.63, 3.8) is 0 Å². The van der Waals surface area contributed by atoms with Crippen molar-refractivity contribution in [2.75, 3.05) is 0 Å². The van der Waals surface area contributed by atoms with Crippen LogP contribution in [0.15, 0.2) is 0 Å². The fourth-order valence-corrected chi connectivity index (χ4v) is 1.40. The third-order valence-corrected chi connectivity index (χ3v) is 1.90. The molecule has 0 spiro atoms. The van der Waals surface area contributed by atoms with Gasteiger partial charge in [-0.15, -0.1) is 5.10 Å². The molecule has 0 amide bonds. The molecular weight excluding hydrogens is 182 g/mol. The van der Waals surface area contributed by atoms with E-state index in [2.05, 4.69) is 10.3 Å². The number of aliphatic hydroxyl groups excluding tert-OH is 1. The van der Waals surface area contributed by atoms with Gasteiger partial charge in [-0.2, -0.15) is 0 Å². The van der Waals surface area contributed by atoms with Gasteiger partial charge in [0.05, 0.1) is 18.3 Å². The molecule has 0 saturated carbocycles. The van der Waals surface area contributed by atoms with Crippen LogP contribution < -0.4 is 0 Å². The molecule has 1 atom stereocenters. The smallest absolute Gasteiger partial charge is 0.172 e. The van der Waals surface area contributed by atoms with Gasteiger partial charge in [-0.25, -0.2) is 4.68 Å². The quantitative estimate of drug-likeness (QED) is 0.717. The molecule has 5 nitrogen and oxygen atoms in total. The highest BCUT2D eigenvalue weighted by Gasteiger charge is 2.16. The molecule has 0 aliphatic rings. The summed E-state index contributed by atoms with van der Waals surface area (Å²) in [7, 11) is 0. The Morgan fingerprint density at radius 1 is 1.50 bits per heavy atom. The average Bonchev–Trinajstić information content (AvgIpc) is 2.46. The van der Waals surface area contributed by atoms with E-state index in [1.807, 2.05) is 13.8 Å². The van der Waals surface area contributed by atoms with Crippen LogP contribution in [0.25, 0.3) is 0 Å². The summed E-state index contributed by atoms with van der Waals surface area (Å²) in [5.74, 6) is 0.170. The van der Waals surface area contributed by atoms with Crippen molar-refractivity contribution in [1.29, 1.82) is 0 Å². The molecule has 5 heteroatoms. The molecule has 1 rings (SSSR count). The first-order valence-corrected chi connectivity index (χ1v) is 4.62. The topological polar surface area (TPSA) is 68.0 Å². The van der Waals surface area contributed by atoms with Gasteiger partial charge in [0.15, 0.2) is 6.29 Å². The Hall–Kier alpha value is -1.23. The van der Waals surface area contributed by atoms with Crippen molar-refractivity contribution in [3.8, 4) is 0 Å². The Morgan fingerprint density at radius 2 is 2.14 bits per heavy atom. The maximum absolute atomic E-state index is 10.7. The van der Waals surface area contributed by atoms with Crippen molar-refractivity contribution >= 4 is 6.29 Å². The van der Waals surface area contributed by atoms with Crippen LogP contribution in [0.1, 0.15) is 42.9 Å². The van der Waals surface area contributed by atoms with Gasteiger partial charge in [0.25, 0.3) is 0 Å². The van der Waals surface area contributed by atoms with Crippen LogP contribution in [-0.4, -0.2) is 32.5 Å². The maximum atomic E-state index is 10.7. The molecule has 1 unspecified atom stereocenters. The summed E-state index contributed by atoms with van der Waals surface area (Å²) in [4.78, 5) is 10.7. The number of aromatic nitrogens is 3. The zero-order valence-corrected chi connectivity index (χ0v) is 8.64. The van der Waals surface area contributed by atoms with Crippen molar-refractivity contribution in [2.24, 2.45) is 0 Å². The van der Waals surface area contributed by atoms with E-state index >= 15 is 0 Å². The van der Waals surface area contributed by atoms with E-state index in [4.69, 9.17) is 0 Å². The molecule has 1 N–H and O–H groups in total. The summed E-state index contributed by atoms with van der Waals surface area (Å²) in [6.45, 7) is 5.97. The van der Waals surface area contributed by atoms with Crippen molar-refractivity contribution in [3.05, 3.63) is 11.4 Å². The number of hydrogen-bond donors (Lipinski definition) is 1. The van der Waals surface area contributed by atoms with Gasteiger partial charge in [-0.1, -0.05) is 19.1 Å². The normalized spacial score (nSPS) is 13.2. The maximum Gasteiger partial charge on any atom is 0.172 e. The zero-order chi connectivity index (χ0) is 10.7. The van der Waals surface area contributed by atoms with E-state index < -0.39 is 6.10 Å². The summed E-state index contributed by atoms with van der Waals surface area (Å²) in [5.41, 5.74) is 1.14. The highest BCUT2D eigenvalue weighted by atomic mass is 16.3. The second-order valence-corrected chi connectivity index (χ2v) is 3.66. The molecule has 0 aromatic carbocycles. The van der Waals surface area contributed by atoms with Crippen LogP contribution in [-0.2, 0) is 6.54 Å². The Balaban J connectivity index is 3.04. The van der Waals surface area contributed by atoms with Gasteiger partial charge in [0, 0.05) is 0 Å². The predicted octanol–water partition coefficient (Wildman–Crippen LogP) is 0.595. The number of carbonyl (C=O) groups excluding carboxylic acids is 1. The van der Waals surface area contributed by atoms with Crippen molar-refractivity contribution in [2.45, 2.75) is 39.3 Å². The van der Waals surface area contributed by atoms with Gasteiger partial charge in [-0.05, 0) is 12.8 Å². The molecule has 0 aliphatic carbocycles. The lowest BCUT2D eigenvalue weighted by molar-refractivity contribution is 0.111. The van der Waals surface area contributed by atoms with E-state index in [0.29, 0.717) is 18.5 Å². The summed E-state index contributed by atoms with van der Waals surface area (Å²) in [6.07, 6.45) is 0.203. The van der Waals surface area contributed by atoms with Crippen LogP contribution >= 0.6 is 0 Å². The van der Waals surface area contributed by atoms with E-state index in [1.165, 1.54) is 0 Å². The minimum atomic E-state index is -0.492. The molecule has 0 aliphatic heterocycles. The number of aldehydes is 1. The number of aliphatic hydroxyl groups is 1. The Morgan fingerprint density at radius 3 is 2.57 bits per heavy atom. The lowest BCUT2D eigenvalue weighted by Crippen LogP contribution is -2.16. The van der Waals surface area contributed by atoms with Crippen LogP contribution in [0.3, 0.4) is 0 Å². The van der Waals surface area contributed by atoms with Crippen LogP contribution in [0.5, 0.6) is 0 Å². The number of nitrogens with zero attached hydrogens (tertiary/aromatic N) is 3. The van der Waals surface area contributed by atoms with E-state index in [9.17, 15) is 9.90 Å². The minimum Gasteiger partial charge on any atom is -0.391 e. The molecule has 1 heterocycles. The van der Waals surface area contributed by atoms with Gasteiger partial charge in [0.2, 0.25) is 0 Å². The molecule has 0 saturated heterocycles. The number of hydrogen-bond acceptors (Lipinski definition) is 4. The van der Waals surface area contributed by atoms with Gasteiger partial charge < -0.3 is 5.11 Å². The number of rotatable bonds is 4. The monoisotopic (exact) mass is 197 g/mol. The molecule has 0 fully saturated rings. The highest BCUT2D eigenvalue weighted by molar-refractivity contribution is 5.73. The summed E-state index contributed by atoms with van der Waals surface area (Å²) in [5, 5.41) is 16.8. The standard InChI is InChI=1S/C9H15N3O2/c1-6(2)9-8(5-13)10-11-12(9)4-7(3)14/h5-7,14H,4H2,1-3H3. The first-order chi connectivity index (χ1) is 6.56. The van der Waals surface area contributed by atoms with E-state index in [-0.39, 0.29) is 5.92 Å². The van der Waals surface area contributed by atoms with Crippen LogP contribution in [0, 0.1) is 0 Å². The second kappa shape index (κ2) is 4.32. The Labute approximate surface area is 82.7 Å². The van der Waals surface area contributed by atoms with Gasteiger partial charge >= 0.3 is 0 Å².